The average molecular weight is 260 g/mol. The van der Waals surface area contributed by atoms with Crippen molar-refractivity contribution in [2.24, 2.45) is 0 Å². The molecule has 0 unspecified atom stereocenters. The molecule has 94 valence electrons. The van der Waals surface area contributed by atoms with Crippen LogP contribution in [0.1, 0.15) is 30.7 Å². The van der Waals surface area contributed by atoms with Crippen molar-refractivity contribution >= 4 is 27.5 Å². The van der Waals surface area contributed by atoms with Crippen LogP contribution in [0.25, 0.3) is 10.2 Å². The Morgan fingerprint density at radius 2 is 2.28 bits per heavy atom. The van der Waals surface area contributed by atoms with Gasteiger partial charge in [-0.1, -0.05) is 12.1 Å². The molecule has 1 aromatic heterocycles. The Balaban J connectivity index is 1.87. The second-order valence-corrected chi connectivity index (χ2v) is 5.89. The Morgan fingerprint density at radius 1 is 1.44 bits per heavy atom. The van der Waals surface area contributed by atoms with Crippen molar-refractivity contribution in [2.45, 2.75) is 25.7 Å². The summed E-state index contributed by atoms with van der Waals surface area (Å²) in [6.07, 6.45) is 2.23. The van der Waals surface area contributed by atoms with E-state index in [-0.39, 0.29) is 5.91 Å². The number of nitrogens with zero attached hydrogens (tertiary/aromatic N) is 2. The van der Waals surface area contributed by atoms with E-state index in [9.17, 15) is 4.79 Å². The lowest BCUT2D eigenvalue weighted by Crippen LogP contribution is -2.37. The van der Waals surface area contributed by atoms with Crippen molar-refractivity contribution in [1.29, 1.82) is 0 Å². The molecule has 1 aliphatic rings. The quantitative estimate of drug-likeness (QED) is 0.789. The van der Waals surface area contributed by atoms with E-state index in [1.165, 1.54) is 9.71 Å². The fourth-order valence-electron chi connectivity index (χ4n) is 2.53. The van der Waals surface area contributed by atoms with Gasteiger partial charge in [-0.25, -0.2) is 4.98 Å². The summed E-state index contributed by atoms with van der Waals surface area (Å²) in [5.41, 5.74) is 1.08. The SMILES string of the molecule is CC(=O)N1CCC[C@@H](c2nc3ccccc3s2)C1. The number of thiazole rings is 1. The number of likely N-dealkylation sites (tertiary alicyclic amines) is 1. The molecule has 0 N–H and O–H groups in total. The maximum Gasteiger partial charge on any atom is 0.219 e. The van der Waals surface area contributed by atoms with E-state index in [1.807, 2.05) is 17.0 Å². The van der Waals surface area contributed by atoms with Crippen LogP contribution in [-0.4, -0.2) is 28.9 Å². The van der Waals surface area contributed by atoms with Gasteiger partial charge in [-0.2, -0.15) is 0 Å². The molecular formula is C14H16N2OS. The zero-order valence-electron chi connectivity index (χ0n) is 10.4. The minimum Gasteiger partial charge on any atom is -0.342 e. The number of fused-ring (bicyclic) bond motifs is 1. The Hall–Kier alpha value is -1.42. The van der Waals surface area contributed by atoms with E-state index in [1.54, 1.807) is 18.3 Å². The summed E-state index contributed by atoms with van der Waals surface area (Å²) in [6, 6.07) is 8.24. The van der Waals surface area contributed by atoms with E-state index in [0.29, 0.717) is 5.92 Å². The standard InChI is InChI=1S/C14H16N2OS/c1-10(17)16-8-4-5-11(9-16)14-15-12-6-2-3-7-13(12)18-14/h2-3,6-7,11H,4-5,8-9H2,1H3/t11-/m1/s1. The largest absolute Gasteiger partial charge is 0.342 e. The molecule has 3 rings (SSSR count). The molecule has 1 atom stereocenters. The second-order valence-electron chi connectivity index (χ2n) is 4.82. The van der Waals surface area contributed by atoms with Crippen LogP contribution in [0.2, 0.25) is 0 Å². The van der Waals surface area contributed by atoms with E-state index < -0.39 is 0 Å². The zero-order valence-corrected chi connectivity index (χ0v) is 11.2. The molecule has 1 aliphatic heterocycles. The van der Waals surface area contributed by atoms with Gasteiger partial charge in [0, 0.05) is 25.9 Å². The number of rotatable bonds is 1. The van der Waals surface area contributed by atoms with E-state index >= 15 is 0 Å². The smallest absolute Gasteiger partial charge is 0.219 e. The molecule has 1 aromatic carbocycles. The highest BCUT2D eigenvalue weighted by Gasteiger charge is 2.25. The second kappa shape index (κ2) is 4.69. The number of benzene rings is 1. The molecule has 1 amide bonds. The molecule has 4 heteroatoms. The predicted molar refractivity (Wildman–Crippen MR) is 73.8 cm³/mol. The lowest BCUT2D eigenvalue weighted by atomic mass is 9.99. The predicted octanol–water partition coefficient (Wildman–Crippen LogP) is 3.02. The summed E-state index contributed by atoms with van der Waals surface area (Å²) >= 11 is 1.77. The lowest BCUT2D eigenvalue weighted by molar-refractivity contribution is -0.130. The topological polar surface area (TPSA) is 33.2 Å². The third-order valence-electron chi connectivity index (χ3n) is 3.53. The fourth-order valence-corrected chi connectivity index (χ4v) is 3.62. The third kappa shape index (κ3) is 2.12. The normalized spacial score (nSPS) is 20.3. The molecule has 3 nitrogen and oxygen atoms in total. The molecule has 0 aliphatic carbocycles. The molecule has 1 fully saturated rings. The molecular weight excluding hydrogens is 244 g/mol. The minimum absolute atomic E-state index is 0.181. The monoisotopic (exact) mass is 260 g/mol. The lowest BCUT2D eigenvalue weighted by Gasteiger charge is -2.30. The van der Waals surface area contributed by atoms with Crippen LogP contribution in [0.15, 0.2) is 24.3 Å². The first-order chi connectivity index (χ1) is 8.74. The van der Waals surface area contributed by atoms with E-state index in [2.05, 4.69) is 12.1 Å². The van der Waals surface area contributed by atoms with Crippen LogP contribution in [0.3, 0.4) is 0 Å². The van der Waals surface area contributed by atoms with Gasteiger partial charge in [-0.15, -0.1) is 11.3 Å². The summed E-state index contributed by atoms with van der Waals surface area (Å²) in [5.74, 6) is 0.598. The maximum atomic E-state index is 11.5. The number of carbonyl (C=O) groups excluding carboxylic acids is 1. The van der Waals surface area contributed by atoms with Crippen molar-refractivity contribution in [3.63, 3.8) is 0 Å². The van der Waals surface area contributed by atoms with E-state index in [4.69, 9.17) is 4.98 Å². The van der Waals surface area contributed by atoms with Crippen molar-refractivity contribution < 1.29 is 4.79 Å². The van der Waals surface area contributed by atoms with Gasteiger partial charge in [-0.05, 0) is 25.0 Å². The first kappa shape index (κ1) is 11.7. The molecule has 0 spiro atoms. The van der Waals surface area contributed by atoms with Crippen molar-refractivity contribution in [2.75, 3.05) is 13.1 Å². The van der Waals surface area contributed by atoms with Crippen LogP contribution >= 0.6 is 11.3 Å². The molecule has 0 bridgehead atoms. The minimum atomic E-state index is 0.181. The number of hydrogen-bond acceptors (Lipinski definition) is 3. The Labute approximate surface area is 110 Å². The highest BCUT2D eigenvalue weighted by Crippen LogP contribution is 2.32. The summed E-state index contributed by atoms with van der Waals surface area (Å²) in [4.78, 5) is 18.1. The van der Waals surface area contributed by atoms with Crippen LogP contribution in [0.4, 0.5) is 0 Å². The first-order valence-electron chi connectivity index (χ1n) is 6.35. The van der Waals surface area contributed by atoms with Crippen LogP contribution < -0.4 is 0 Å². The average Bonchev–Trinajstić information content (AvgIpc) is 2.82. The molecule has 18 heavy (non-hydrogen) atoms. The van der Waals surface area contributed by atoms with Gasteiger partial charge in [-0.3, -0.25) is 4.79 Å². The summed E-state index contributed by atoms with van der Waals surface area (Å²) < 4.78 is 1.24. The van der Waals surface area contributed by atoms with Gasteiger partial charge >= 0.3 is 0 Å². The Morgan fingerprint density at radius 3 is 3.06 bits per heavy atom. The summed E-state index contributed by atoms with van der Waals surface area (Å²) in [7, 11) is 0. The van der Waals surface area contributed by atoms with Gasteiger partial charge < -0.3 is 4.90 Å². The highest BCUT2D eigenvalue weighted by molar-refractivity contribution is 7.18. The Bertz CT molecular complexity index is 545. The summed E-state index contributed by atoms with van der Waals surface area (Å²) in [5, 5.41) is 1.18. The fraction of sp³-hybridized carbons (Fsp3) is 0.429. The van der Waals surface area contributed by atoms with Crippen LogP contribution in [-0.2, 0) is 4.79 Å². The first-order valence-corrected chi connectivity index (χ1v) is 7.16. The van der Waals surface area contributed by atoms with Crippen molar-refractivity contribution in [3.05, 3.63) is 29.3 Å². The summed E-state index contributed by atoms with van der Waals surface area (Å²) in [6.45, 7) is 3.38. The number of aromatic nitrogens is 1. The number of hydrogen-bond donors (Lipinski definition) is 0. The van der Waals surface area contributed by atoms with Crippen molar-refractivity contribution in [1.82, 2.24) is 9.88 Å². The maximum absolute atomic E-state index is 11.5. The van der Waals surface area contributed by atoms with E-state index in [0.717, 1.165) is 31.4 Å². The Kier molecular flexibility index (Phi) is 3.04. The number of para-hydroxylation sites is 1. The van der Waals surface area contributed by atoms with Crippen LogP contribution in [0.5, 0.6) is 0 Å². The number of carbonyl (C=O) groups is 1. The van der Waals surface area contributed by atoms with Crippen molar-refractivity contribution in [3.8, 4) is 0 Å². The molecule has 0 radical (unpaired) electrons. The van der Waals surface area contributed by atoms with Gasteiger partial charge in [0.1, 0.15) is 0 Å². The van der Waals surface area contributed by atoms with Crippen LogP contribution in [0, 0.1) is 0 Å². The van der Waals surface area contributed by atoms with Gasteiger partial charge in [0.15, 0.2) is 0 Å². The van der Waals surface area contributed by atoms with Gasteiger partial charge in [0.05, 0.1) is 15.2 Å². The highest BCUT2D eigenvalue weighted by atomic mass is 32.1. The molecule has 0 saturated carbocycles. The molecule has 2 aromatic rings. The zero-order chi connectivity index (χ0) is 12.5. The number of amides is 1. The molecule has 2 heterocycles. The number of piperidine rings is 1. The third-order valence-corrected chi connectivity index (χ3v) is 4.73. The van der Waals surface area contributed by atoms with Gasteiger partial charge in [0.2, 0.25) is 5.91 Å². The molecule has 1 saturated heterocycles. The van der Waals surface area contributed by atoms with Gasteiger partial charge in [0.25, 0.3) is 0 Å².